The summed E-state index contributed by atoms with van der Waals surface area (Å²) in [7, 11) is 3.01. The van der Waals surface area contributed by atoms with Crippen molar-refractivity contribution in [2.45, 2.75) is 38.0 Å². The Hall–Kier alpha value is -3.16. The molecule has 0 fully saturated rings. The largest absolute Gasteiger partial charge is 0.496 e. The second-order valence-electron chi connectivity index (χ2n) is 8.94. The fourth-order valence-corrected chi connectivity index (χ4v) is 5.30. The summed E-state index contributed by atoms with van der Waals surface area (Å²) >= 11 is 2.00. The Labute approximate surface area is 241 Å². The Bertz CT molecular complexity index is 1220. The van der Waals surface area contributed by atoms with Crippen molar-refractivity contribution in [1.29, 1.82) is 0 Å². The van der Waals surface area contributed by atoms with Gasteiger partial charge in [0.2, 0.25) is 11.8 Å². The molecule has 3 rings (SSSR count). The van der Waals surface area contributed by atoms with E-state index >= 15 is 0 Å². The van der Waals surface area contributed by atoms with E-state index in [1.165, 1.54) is 31.1 Å². The molecule has 0 bridgehead atoms. The smallest absolute Gasteiger partial charge is 0.247 e. The van der Waals surface area contributed by atoms with Crippen molar-refractivity contribution < 1.29 is 38.8 Å². The van der Waals surface area contributed by atoms with Gasteiger partial charge in [0, 0.05) is 37.6 Å². The average molecular weight is 652 g/mol. The highest BCUT2D eigenvalue weighted by atomic mass is 127. The van der Waals surface area contributed by atoms with Crippen molar-refractivity contribution in [3.8, 4) is 17.2 Å². The highest BCUT2D eigenvalue weighted by Crippen LogP contribution is 2.37. The number of methoxy groups -OCH3 is 2. The third-order valence-electron chi connectivity index (χ3n) is 6.48. The second-order valence-corrected chi connectivity index (χ2v) is 10.1. The van der Waals surface area contributed by atoms with Gasteiger partial charge >= 0.3 is 0 Å². The minimum atomic E-state index is -1.19. The molecule has 3 N–H and O–H groups in total. The molecule has 2 aromatic carbocycles. The molecule has 1 aliphatic rings. The predicted molar refractivity (Wildman–Crippen MR) is 152 cm³/mol. The molecule has 0 aliphatic heterocycles. The van der Waals surface area contributed by atoms with Crippen LogP contribution in [0, 0.1) is 3.57 Å². The molecule has 0 saturated heterocycles. The molecule has 3 atom stereocenters. The second kappa shape index (κ2) is 14.3. The lowest BCUT2D eigenvalue weighted by atomic mass is 9.88. The summed E-state index contributed by atoms with van der Waals surface area (Å²) in [5.74, 6) is 0.574. The summed E-state index contributed by atoms with van der Waals surface area (Å²) in [5, 5.41) is 23.3. The quantitative estimate of drug-likeness (QED) is 0.235. The summed E-state index contributed by atoms with van der Waals surface area (Å²) in [6, 6.07) is 9.84. The van der Waals surface area contributed by atoms with Gasteiger partial charge < -0.3 is 34.6 Å². The van der Waals surface area contributed by atoms with Gasteiger partial charge in [-0.3, -0.25) is 14.4 Å². The Balaban J connectivity index is 1.96. The predicted octanol–water partition coefficient (Wildman–Crippen LogP) is 2.13. The van der Waals surface area contributed by atoms with E-state index in [0.29, 0.717) is 38.9 Å². The van der Waals surface area contributed by atoms with Crippen molar-refractivity contribution in [3.63, 3.8) is 0 Å². The molecule has 0 heterocycles. The number of ether oxygens (including phenoxy) is 3. The maximum Gasteiger partial charge on any atom is 0.247 e. The number of aliphatic hydroxyl groups excluding tert-OH is 2. The van der Waals surface area contributed by atoms with Crippen LogP contribution in [0.25, 0.3) is 0 Å². The minimum Gasteiger partial charge on any atom is -0.496 e. The molecule has 2 amide bonds. The number of rotatable bonds is 12. The van der Waals surface area contributed by atoms with E-state index in [1.807, 2.05) is 46.9 Å². The minimum absolute atomic E-state index is 0.0536. The van der Waals surface area contributed by atoms with Gasteiger partial charge in [0.15, 0.2) is 11.5 Å². The fraction of sp³-hybridized carbons (Fsp3) is 0.393. The molecule has 210 valence electrons. The van der Waals surface area contributed by atoms with Gasteiger partial charge in [0.1, 0.15) is 24.2 Å². The Morgan fingerprint density at radius 3 is 2.54 bits per heavy atom. The molecule has 10 nitrogen and oxygen atoms in total. The molecule has 39 heavy (non-hydrogen) atoms. The molecule has 2 aromatic rings. The van der Waals surface area contributed by atoms with Gasteiger partial charge in [-0.15, -0.1) is 0 Å². The molecule has 0 radical (unpaired) electrons. The number of aliphatic hydroxyl groups is 2. The van der Waals surface area contributed by atoms with Gasteiger partial charge in [-0.2, -0.15) is 0 Å². The highest BCUT2D eigenvalue weighted by Gasteiger charge is 2.40. The van der Waals surface area contributed by atoms with Crippen LogP contribution in [-0.4, -0.2) is 85.4 Å². The van der Waals surface area contributed by atoms with Gasteiger partial charge in [-0.05, 0) is 58.9 Å². The van der Waals surface area contributed by atoms with Crippen LogP contribution < -0.4 is 19.5 Å². The standard InChI is InChI=1S/C28H33IN2O8/c1-17(34)31(10-8-19-6-4-5-7-23(19)37-2)22-14-20(28(36)30-9-11-32)15-24(26(22)35)39-27-21(29)12-18(16-33)13-25(27)38-3/h4-7,12-13,15-16,22,24,26,32,35H,8-11,14H2,1-3H3,(H,30,36)/t22-,24+,26+/m1/s1. The van der Waals surface area contributed by atoms with Crippen LogP contribution in [0.15, 0.2) is 48.0 Å². The number of aldehydes is 1. The number of halogens is 1. The first kappa shape index (κ1) is 30.4. The normalized spacial score (nSPS) is 18.5. The first-order valence-corrected chi connectivity index (χ1v) is 13.5. The molecule has 11 heteroatoms. The number of carbonyl (C=O) groups is 3. The fourth-order valence-electron chi connectivity index (χ4n) is 4.55. The van der Waals surface area contributed by atoms with Crippen molar-refractivity contribution in [1.82, 2.24) is 10.2 Å². The SMILES string of the molecule is COc1ccccc1CCN(C(C)=O)[C@@H]1CC(C(=O)NCCO)=C[C@H](Oc2c(I)cc(C=O)cc2OC)[C@H]1O. The van der Waals surface area contributed by atoms with Crippen LogP contribution in [0.5, 0.6) is 17.2 Å². The number of para-hydroxylation sites is 1. The number of nitrogens with zero attached hydrogens (tertiary/aromatic N) is 1. The lowest BCUT2D eigenvalue weighted by Gasteiger charge is -2.40. The molecular weight excluding hydrogens is 619 g/mol. The summed E-state index contributed by atoms with van der Waals surface area (Å²) in [6.07, 6.45) is 0.559. The summed E-state index contributed by atoms with van der Waals surface area (Å²) < 4.78 is 17.6. The van der Waals surface area contributed by atoms with E-state index in [4.69, 9.17) is 19.3 Å². The zero-order chi connectivity index (χ0) is 28.5. The maximum absolute atomic E-state index is 12.9. The Morgan fingerprint density at radius 1 is 1.18 bits per heavy atom. The third-order valence-corrected chi connectivity index (χ3v) is 7.28. The maximum atomic E-state index is 12.9. The number of amides is 2. The number of hydrogen-bond donors (Lipinski definition) is 3. The van der Waals surface area contributed by atoms with Gasteiger partial charge in [-0.25, -0.2) is 0 Å². The van der Waals surface area contributed by atoms with Gasteiger partial charge in [-0.1, -0.05) is 18.2 Å². The summed E-state index contributed by atoms with van der Waals surface area (Å²) in [4.78, 5) is 38.6. The van der Waals surface area contributed by atoms with E-state index in [0.717, 1.165) is 5.56 Å². The van der Waals surface area contributed by atoms with Gasteiger partial charge in [0.25, 0.3) is 0 Å². The molecule has 0 unspecified atom stereocenters. The average Bonchev–Trinajstić information content (AvgIpc) is 2.94. The number of benzene rings is 2. The number of carbonyl (C=O) groups excluding carboxylic acids is 3. The number of hydrogen-bond acceptors (Lipinski definition) is 8. The van der Waals surface area contributed by atoms with Crippen molar-refractivity contribution in [2.24, 2.45) is 0 Å². The molecule has 0 saturated carbocycles. The lowest BCUT2D eigenvalue weighted by molar-refractivity contribution is -0.136. The van der Waals surface area contributed by atoms with Crippen molar-refractivity contribution in [2.75, 3.05) is 33.9 Å². The molecule has 0 spiro atoms. The van der Waals surface area contributed by atoms with E-state index in [1.54, 1.807) is 13.2 Å². The van der Waals surface area contributed by atoms with Crippen molar-refractivity contribution in [3.05, 3.63) is 62.7 Å². The topological polar surface area (TPSA) is 135 Å². The highest BCUT2D eigenvalue weighted by molar-refractivity contribution is 14.1. The zero-order valence-electron chi connectivity index (χ0n) is 22.1. The van der Waals surface area contributed by atoms with Gasteiger partial charge in [0.05, 0.1) is 30.4 Å². The van der Waals surface area contributed by atoms with Crippen LogP contribution in [0.1, 0.15) is 29.3 Å². The lowest BCUT2D eigenvalue weighted by Crippen LogP contribution is -2.55. The molecular formula is C28H33IN2O8. The van der Waals surface area contributed by atoms with Crippen LogP contribution in [0.4, 0.5) is 0 Å². The van der Waals surface area contributed by atoms with E-state index in [-0.39, 0.29) is 37.8 Å². The Kier molecular flexibility index (Phi) is 11.1. The van der Waals surface area contributed by atoms with Crippen LogP contribution in [0.2, 0.25) is 0 Å². The molecule has 0 aromatic heterocycles. The van der Waals surface area contributed by atoms with E-state index < -0.39 is 24.2 Å². The number of nitrogens with one attached hydrogen (secondary N) is 1. The van der Waals surface area contributed by atoms with E-state index in [2.05, 4.69) is 5.32 Å². The van der Waals surface area contributed by atoms with E-state index in [9.17, 15) is 19.5 Å². The van der Waals surface area contributed by atoms with Crippen molar-refractivity contribution >= 4 is 40.7 Å². The summed E-state index contributed by atoms with van der Waals surface area (Å²) in [6.45, 7) is 1.50. The van der Waals surface area contributed by atoms with Crippen LogP contribution >= 0.6 is 22.6 Å². The van der Waals surface area contributed by atoms with Crippen LogP contribution in [-0.2, 0) is 16.0 Å². The monoisotopic (exact) mass is 652 g/mol. The Morgan fingerprint density at radius 2 is 1.90 bits per heavy atom. The summed E-state index contributed by atoms with van der Waals surface area (Å²) in [5.41, 5.74) is 1.60. The third kappa shape index (κ3) is 7.49. The zero-order valence-corrected chi connectivity index (χ0v) is 24.2. The first-order valence-electron chi connectivity index (χ1n) is 12.4. The molecule has 1 aliphatic carbocycles. The first-order chi connectivity index (χ1) is 18.7. The van der Waals surface area contributed by atoms with Crippen LogP contribution in [0.3, 0.4) is 0 Å².